The molecule has 0 fully saturated rings. The molecule has 0 saturated heterocycles. The summed E-state index contributed by atoms with van der Waals surface area (Å²) in [5, 5.41) is 0. The van der Waals surface area contributed by atoms with Crippen LogP contribution in [0.5, 0.6) is 5.75 Å². The molecular weight excluding hydrogens is 183 g/mol. The summed E-state index contributed by atoms with van der Waals surface area (Å²) in [5.74, 6) is -0.0981. The molecule has 0 aliphatic carbocycles. The molecule has 1 rings (SSSR count). The maximum Gasteiger partial charge on any atom is 0.168 e. The van der Waals surface area contributed by atoms with E-state index >= 15 is 0 Å². The quantitative estimate of drug-likeness (QED) is 0.567. The number of benzene rings is 1. The Hall–Kier alpha value is -0.350. The summed E-state index contributed by atoms with van der Waals surface area (Å²) in [5.41, 5.74) is 0. The van der Waals surface area contributed by atoms with E-state index in [2.05, 4.69) is 11.7 Å². The van der Waals surface area contributed by atoms with Gasteiger partial charge in [-0.3, -0.25) is 0 Å². The van der Waals surface area contributed by atoms with Gasteiger partial charge in [0, 0.05) is 0 Å². The number of ether oxygens (including phenoxy) is 1. The fourth-order valence-corrected chi connectivity index (χ4v) is 1.59. The van der Waals surface area contributed by atoms with Crippen molar-refractivity contribution in [3.63, 3.8) is 0 Å². The average molecular weight is 190 g/mol. The summed E-state index contributed by atoms with van der Waals surface area (Å²) in [7, 11) is 2.60. The molecule has 0 aliphatic rings. The van der Waals surface area contributed by atoms with Crippen LogP contribution in [0.1, 0.15) is 0 Å². The van der Waals surface area contributed by atoms with Crippen molar-refractivity contribution in [2.75, 3.05) is 7.11 Å². The number of rotatable bonds is 2. The van der Waals surface area contributed by atoms with Crippen molar-refractivity contribution in [2.45, 2.75) is 4.90 Å². The highest BCUT2D eigenvalue weighted by Crippen LogP contribution is 2.32. The predicted molar refractivity (Wildman–Crippen MR) is 47.8 cm³/mol. The number of para-hydroxylation sites is 1. The second-order valence-electron chi connectivity index (χ2n) is 1.86. The molecule has 0 N–H and O–H groups in total. The van der Waals surface area contributed by atoms with Crippen molar-refractivity contribution in [1.82, 2.24) is 0 Å². The second-order valence-corrected chi connectivity index (χ2v) is 3.03. The molecule has 0 unspecified atom stereocenters. The molecule has 0 spiro atoms. The van der Waals surface area contributed by atoms with E-state index in [0.717, 1.165) is 10.8 Å². The standard InChI is InChI=1S/C7H7FOS2/c1-9-7-5(8)3-2-4-6(7)11-10/h2-4,10H,1H3. The lowest BCUT2D eigenvalue weighted by Crippen LogP contribution is -1.88. The molecule has 0 saturated carbocycles. The zero-order chi connectivity index (χ0) is 8.27. The maximum absolute atomic E-state index is 12.9. The van der Waals surface area contributed by atoms with Crippen molar-refractivity contribution in [1.29, 1.82) is 0 Å². The minimum absolute atomic E-state index is 0.257. The summed E-state index contributed by atoms with van der Waals surface area (Å²) < 4.78 is 17.7. The summed E-state index contributed by atoms with van der Waals surface area (Å²) >= 11 is 3.95. The fourth-order valence-electron chi connectivity index (χ4n) is 0.759. The number of halogens is 1. The van der Waals surface area contributed by atoms with E-state index in [-0.39, 0.29) is 11.6 Å². The summed E-state index contributed by atoms with van der Waals surface area (Å²) in [6, 6.07) is 4.72. The van der Waals surface area contributed by atoms with Gasteiger partial charge in [0.2, 0.25) is 0 Å². The Kier molecular flexibility index (Phi) is 3.08. The van der Waals surface area contributed by atoms with E-state index in [1.165, 1.54) is 13.2 Å². The normalized spacial score (nSPS) is 9.73. The van der Waals surface area contributed by atoms with E-state index < -0.39 is 0 Å². The third-order valence-electron chi connectivity index (χ3n) is 1.23. The lowest BCUT2D eigenvalue weighted by atomic mass is 10.3. The van der Waals surface area contributed by atoms with Gasteiger partial charge >= 0.3 is 0 Å². The van der Waals surface area contributed by atoms with Gasteiger partial charge in [-0.15, -0.1) is 11.7 Å². The number of thiol groups is 1. The van der Waals surface area contributed by atoms with Crippen LogP contribution in [0.25, 0.3) is 0 Å². The van der Waals surface area contributed by atoms with E-state index in [1.54, 1.807) is 12.1 Å². The highest BCUT2D eigenvalue weighted by Gasteiger charge is 2.06. The number of hydrogen-bond acceptors (Lipinski definition) is 3. The van der Waals surface area contributed by atoms with E-state index in [0.29, 0.717) is 4.90 Å². The molecule has 0 atom stereocenters. The first kappa shape index (κ1) is 8.74. The third-order valence-corrected chi connectivity index (χ3v) is 2.34. The molecule has 0 bridgehead atoms. The van der Waals surface area contributed by atoms with Crippen molar-refractivity contribution in [2.24, 2.45) is 0 Å². The predicted octanol–water partition coefficient (Wildman–Crippen LogP) is 2.77. The maximum atomic E-state index is 12.9. The molecular formula is C7H7FOS2. The Bertz CT molecular complexity index is 252. The minimum atomic E-state index is -0.355. The minimum Gasteiger partial charge on any atom is -0.492 e. The van der Waals surface area contributed by atoms with E-state index in [1.807, 2.05) is 0 Å². The zero-order valence-electron chi connectivity index (χ0n) is 5.87. The molecule has 0 heterocycles. The van der Waals surface area contributed by atoms with Crippen molar-refractivity contribution in [3.8, 4) is 5.75 Å². The van der Waals surface area contributed by atoms with Crippen LogP contribution in [0.2, 0.25) is 0 Å². The summed E-state index contributed by atoms with van der Waals surface area (Å²) in [6.45, 7) is 0. The highest BCUT2D eigenvalue weighted by atomic mass is 33.1. The molecule has 0 amide bonds. The monoisotopic (exact) mass is 190 g/mol. The molecule has 1 nitrogen and oxygen atoms in total. The Morgan fingerprint density at radius 3 is 2.73 bits per heavy atom. The zero-order valence-corrected chi connectivity index (χ0v) is 7.58. The Morgan fingerprint density at radius 1 is 1.55 bits per heavy atom. The van der Waals surface area contributed by atoms with Crippen LogP contribution >= 0.6 is 22.5 Å². The van der Waals surface area contributed by atoms with E-state index in [4.69, 9.17) is 4.74 Å². The first-order valence-corrected chi connectivity index (χ1v) is 4.80. The summed E-state index contributed by atoms with van der Waals surface area (Å²) in [4.78, 5) is 0.691. The average Bonchev–Trinajstić information content (AvgIpc) is 2.04. The van der Waals surface area contributed by atoms with Gasteiger partial charge < -0.3 is 4.74 Å². The van der Waals surface area contributed by atoms with Crippen LogP contribution in [-0.4, -0.2) is 7.11 Å². The Labute approximate surface area is 73.8 Å². The van der Waals surface area contributed by atoms with Crippen LogP contribution < -0.4 is 4.74 Å². The van der Waals surface area contributed by atoms with Crippen molar-refractivity contribution < 1.29 is 9.13 Å². The highest BCUT2D eigenvalue weighted by molar-refractivity contribution is 8.68. The van der Waals surface area contributed by atoms with Crippen LogP contribution in [-0.2, 0) is 0 Å². The molecule has 4 heteroatoms. The smallest absolute Gasteiger partial charge is 0.168 e. The Morgan fingerprint density at radius 2 is 2.27 bits per heavy atom. The largest absolute Gasteiger partial charge is 0.492 e. The molecule has 1 aromatic carbocycles. The van der Waals surface area contributed by atoms with Gasteiger partial charge in [0.25, 0.3) is 0 Å². The van der Waals surface area contributed by atoms with Crippen LogP contribution in [0.15, 0.2) is 23.1 Å². The van der Waals surface area contributed by atoms with Crippen LogP contribution in [0.4, 0.5) is 4.39 Å². The van der Waals surface area contributed by atoms with Crippen molar-refractivity contribution in [3.05, 3.63) is 24.0 Å². The third kappa shape index (κ3) is 1.81. The van der Waals surface area contributed by atoms with Crippen LogP contribution in [0, 0.1) is 5.82 Å². The van der Waals surface area contributed by atoms with Gasteiger partial charge in [-0.1, -0.05) is 16.9 Å². The van der Waals surface area contributed by atoms with Crippen molar-refractivity contribution >= 4 is 22.5 Å². The first-order valence-electron chi connectivity index (χ1n) is 2.93. The Balaban J connectivity index is 3.13. The lowest BCUT2D eigenvalue weighted by molar-refractivity contribution is 0.376. The molecule has 11 heavy (non-hydrogen) atoms. The molecule has 0 aromatic heterocycles. The van der Waals surface area contributed by atoms with Gasteiger partial charge in [0.15, 0.2) is 11.6 Å². The number of hydrogen-bond donors (Lipinski definition) is 1. The molecule has 0 radical (unpaired) electrons. The topological polar surface area (TPSA) is 9.23 Å². The molecule has 0 aliphatic heterocycles. The molecule has 1 aromatic rings. The first-order chi connectivity index (χ1) is 5.29. The van der Waals surface area contributed by atoms with E-state index in [9.17, 15) is 4.39 Å². The van der Waals surface area contributed by atoms with Gasteiger partial charge in [-0.05, 0) is 12.1 Å². The fraction of sp³-hybridized carbons (Fsp3) is 0.143. The molecule has 60 valence electrons. The number of methoxy groups -OCH3 is 1. The van der Waals surface area contributed by atoms with Crippen LogP contribution in [0.3, 0.4) is 0 Å². The van der Waals surface area contributed by atoms with Gasteiger partial charge in [0.05, 0.1) is 12.0 Å². The summed E-state index contributed by atoms with van der Waals surface area (Å²) in [6.07, 6.45) is 0. The SMILES string of the molecule is COc1c(F)cccc1SS. The second kappa shape index (κ2) is 3.88. The van der Waals surface area contributed by atoms with Gasteiger partial charge in [0.1, 0.15) is 0 Å². The van der Waals surface area contributed by atoms with Gasteiger partial charge in [-0.25, -0.2) is 4.39 Å². The lowest BCUT2D eigenvalue weighted by Gasteiger charge is -2.04. The van der Waals surface area contributed by atoms with Gasteiger partial charge in [-0.2, -0.15) is 0 Å².